The van der Waals surface area contributed by atoms with Crippen LogP contribution in [0.1, 0.15) is 36.0 Å². The fourth-order valence-electron chi connectivity index (χ4n) is 4.35. The maximum atomic E-state index is 11.4. The van der Waals surface area contributed by atoms with Crippen LogP contribution in [0.5, 0.6) is 0 Å². The van der Waals surface area contributed by atoms with Crippen molar-refractivity contribution in [2.24, 2.45) is 0 Å². The summed E-state index contributed by atoms with van der Waals surface area (Å²) in [7, 11) is 0. The van der Waals surface area contributed by atoms with Gasteiger partial charge in [0.2, 0.25) is 5.91 Å². The highest BCUT2D eigenvalue weighted by atomic mass is 35.5. The number of nitrogens with zero attached hydrogens (tertiary/aromatic N) is 2. The second-order valence-electron chi connectivity index (χ2n) is 8.39. The van der Waals surface area contributed by atoms with Crippen molar-refractivity contribution in [2.75, 3.05) is 10.2 Å². The van der Waals surface area contributed by atoms with Gasteiger partial charge in [-0.15, -0.1) is 0 Å². The van der Waals surface area contributed by atoms with Gasteiger partial charge in [0.1, 0.15) is 17.6 Å². The molecule has 4 aromatic rings. The molecule has 6 nitrogen and oxygen atoms in total. The molecule has 176 valence electrons. The predicted molar refractivity (Wildman–Crippen MR) is 143 cm³/mol. The van der Waals surface area contributed by atoms with Gasteiger partial charge >= 0.3 is 0 Å². The van der Waals surface area contributed by atoms with Crippen LogP contribution in [0, 0.1) is 6.92 Å². The van der Waals surface area contributed by atoms with E-state index in [0.717, 1.165) is 34.0 Å². The molecule has 1 amide bonds. The monoisotopic (exact) mass is 502 g/mol. The van der Waals surface area contributed by atoms with Gasteiger partial charge < -0.3 is 20.0 Å². The number of halogens is 1. The van der Waals surface area contributed by atoms with Crippen molar-refractivity contribution in [1.29, 1.82) is 0 Å². The Hall–Kier alpha value is -3.68. The smallest absolute Gasteiger partial charge is 0.221 e. The number of aromatic nitrogens is 1. The minimum Gasteiger partial charge on any atom is -0.459 e. The molecule has 1 fully saturated rings. The van der Waals surface area contributed by atoms with Crippen LogP contribution < -0.4 is 15.5 Å². The number of carbonyl (C=O) groups is 1. The zero-order valence-electron chi connectivity index (χ0n) is 19.2. The van der Waals surface area contributed by atoms with E-state index in [4.69, 9.17) is 28.2 Å². The summed E-state index contributed by atoms with van der Waals surface area (Å²) in [4.78, 5) is 18.0. The molecule has 8 heteroatoms. The second-order valence-corrected chi connectivity index (χ2v) is 9.21. The van der Waals surface area contributed by atoms with Crippen LogP contribution in [-0.2, 0) is 4.79 Å². The van der Waals surface area contributed by atoms with E-state index >= 15 is 0 Å². The summed E-state index contributed by atoms with van der Waals surface area (Å²) in [6.07, 6.45) is 1.77. The number of rotatable bonds is 5. The maximum Gasteiger partial charge on any atom is 0.221 e. The summed E-state index contributed by atoms with van der Waals surface area (Å²) in [5, 5.41) is 7.44. The van der Waals surface area contributed by atoms with Gasteiger partial charge in [0.15, 0.2) is 5.11 Å². The van der Waals surface area contributed by atoms with Gasteiger partial charge in [-0.3, -0.25) is 9.78 Å². The first-order valence-electron chi connectivity index (χ1n) is 11.2. The average Bonchev–Trinajstić information content (AvgIpc) is 3.46. The Bertz CT molecular complexity index is 1390. The summed E-state index contributed by atoms with van der Waals surface area (Å²) in [6.45, 7) is 3.51. The molecule has 2 atom stereocenters. The second kappa shape index (κ2) is 9.52. The van der Waals surface area contributed by atoms with Gasteiger partial charge in [-0.25, -0.2) is 0 Å². The summed E-state index contributed by atoms with van der Waals surface area (Å²) in [5.74, 6) is 1.36. The Labute approximate surface area is 213 Å². The summed E-state index contributed by atoms with van der Waals surface area (Å²) < 4.78 is 6.43. The van der Waals surface area contributed by atoms with E-state index in [1.165, 1.54) is 6.92 Å². The van der Waals surface area contributed by atoms with Gasteiger partial charge in [0.25, 0.3) is 0 Å². The highest BCUT2D eigenvalue weighted by Crippen LogP contribution is 2.43. The Kier molecular flexibility index (Phi) is 6.28. The SMILES string of the molecule is CC(=O)Nc1ccc(N2C(=S)N[C@@H](c3ccccn3)[C@H]2c2ccc(-c3cc(Cl)ccc3C)o2)cc1. The van der Waals surface area contributed by atoms with Crippen LogP contribution >= 0.6 is 23.8 Å². The fraction of sp³-hybridized carbons (Fsp3) is 0.148. The van der Waals surface area contributed by atoms with E-state index < -0.39 is 0 Å². The van der Waals surface area contributed by atoms with E-state index in [0.29, 0.717) is 15.8 Å². The summed E-state index contributed by atoms with van der Waals surface area (Å²) in [6, 6.07) is 22.6. The van der Waals surface area contributed by atoms with E-state index in [1.807, 2.05) is 84.6 Å². The standard InChI is InChI=1S/C27H23ClN4O2S/c1-16-6-7-18(28)15-21(16)23-12-13-24(34-23)26-25(22-5-3-4-14-29-22)31-27(35)32(26)20-10-8-19(9-11-20)30-17(2)33/h3-15,25-26H,1-2H3,(H,30,33)(H,31,35)/t25-,26+/m0/s1. The van der Waals surface area contributed by atoms with Crippen molar-refractivity contribution < 1.29 is 9.21 Å². The quantitative estimate of drug-likeness (QED) is 0.306. The topological polar surface area (TPSA) is 70.4 Å². The van der Waals surface area contributed by atoms with Crippen molar-refractivity contribution in [3.05, 3.63) is 101 Å². The van der Waals surface area contributed by atoms with Gasteiger partial charge in [0.05, 0.1) is 11.7 Å². The normalized spacial score (nSPS) is 17.3. The fourth-order valence-corrected chi connectivity index (χ4v) is 4.86. The third-order valence-corrected chi connectivity index (χ3v) is 6.50. The highest BCUT2D eigenvalue weighted by Gasteiger charge is 2.42. The molecule has 1 aliphatic heterocycles. The molecule has 2 N–H and O–H groups in total. The molecule has 0 bridgehead atoms. The van der Waals surface area contributed by atoms with Crippen LogP contribution in [0.25, 0.3) is 11.3 Å². The number of carbonyl (C=O) groups excluding carboxylic acids is 1. The maximum absolute atomic E-state index is 11.4. The first-order chi connectivity index (χ1) is 16.9. The zero-order chi connectivity index (χ0) is 24.5. The van der Waals surface area contributed by atoms with Crippen molar-refractivity contribution >= 4 is 46.2 Å². The third kappa shape index (κ3) is 4.65. The number of pyridine rings is 1. The van der Waals surface area contributed by atoms with Gasteiger partial charge in [0, 0.05) is 35.1 Å². The van der Waals surface area contributed by atoms with Gasteiger partial charge in [-0.2, -0.15) is 0 Å². The van der Waals surface area contributed by atoms with Crippen molar-refractivity contribution in [3.63, 3.8) is 0 Å². The van der Waals surface area contributed by atoms with Crippen molar-refractivity contribution in [2.45, 2.75) is 25.9 Å². The number of hydrogen-bond donors (Lipinski definition) is 2. The van der Waals surface area contributed by atoms with Crippen molar-refractivity contribution in [3.8, 4) is 11.3 Å². The van der Waals surface area contributed by atoms with Crippen LogP contribution in [0.15, 0.2) is 83.4 Å². The first-order valence-corrected chi connectivity index (χ1v) is 11.9. The molecule has 2 aromatic carbocycles. The molecule has 35 heavy (non-hydrogen) atoms. The van der Waals surface area contributed by atoms with Crippen molar-refractivity contribution in [1.82, 2.24) is 10.3 Å². The van der Waals surface area contributed by atoms with E-state index in [9.17, 15) is 4.79 Å². The number of nitrogens with one attached hydrogen (secondary N) is 2. The number of thiocarbonyl (C=S) groups is 1. The molecule has 0 unspecified atom stereocenters. The number of hydrogen-bond acceptors (Lipinski definition) is 4. The average molecular weight is 503 g/mol. The lowest BCUT2D eigenvalue weighted by atomic mass is 10.0. The highest BCUT2D eigenvalue weighted by molar-refractivity contribution is 7.80. The largest absolute Gasteiger partial charge is 0.459 e. The van der Waals surface area contributed by atoms with Gasteiger partial charge in [-0.05, 0) is 85.4 Å². The summed E-state index contributed by atoms with van der Waals surface area (Å²) >= 11 is 12.0. The number of furan rings is 1. The molecule has 3 heterocycles. The lowest BCUT2D eigenvalue weighted by Crippen LogP contribution is -2.29. The summed E-state index contributed by atoms with van der Waals surface area (Å²) in [5.41, 5.74) is 4.46. The molecule has 0 radical (unpaired) electrons. The Morgan fingerprint density at radius 2 is 1.91 bits per heavy atom. The minimum absolute atomic E-state index is 0.122. The number of anilines is 2. The third-order valence-electron chi connectivity index (χ3n) is 5.95. The minimum atomic E-state index is -0.280. The Morgan fingerprint density at radius 1 is 1.11 bits per heavy atom. The lowest BCUT2D eigenvalue weighted by molar-refractivity contribution is -0.114. The molecule has 1 saturated heterocycles. The van der Waals surface area contributed by atoms with Crippen LogP contribution in [0.3, 0.4) is 0 Å². The number of aryl methyl sites for hydroxylation is 1. The molecule has 1 aliphatic rings. The molecule has 0 spiro atoms. The van der Waals surface area contributed by atoms with Crippen LogP contribution in [0.4, 0.5) is 11.4 Å². The van der Waals surface area contributed by atoms with Crippen LogP contribution in [0.2, 0.25) is 5.02 Å². The Balaban J connectivity index is 1.57. The number of amides is 1. The molecule has 2 aromatic heterocycles. The predicted octanol–water partition coefficient (Wildman–Crippen LogP) is 6.44. The molecular weight excluding hydrogens is 480 g/mol. The van der Waals surface area contributed by atoms with E-state index in [1.54, 1.807) is 6.20 Å². The van der Waals surface area contributed by atoms with E-state index in [2.05, 4.69) is 15.6 Å². The van der Waals surface area contributed by atoms with E-state index in [-0.39, 0.29) is 18.0 Å². The first kappa shape index (κ1) is 23.1. The molecule has 5 rings (SSSR count). The molecular formula is C27H23ClN4O2S. The molecule has 0 saturated carbocycles. The zero-order valence-corrected chi connectivity index (χ0v) is 20.7. The van der Waals surface area contributed by atoms with Crippen LogP contribution in [-0.4, -0.2) is 16.0 Å². The van der Waals surface area contributed by atoms with Gasteiger partial charge in [-0.1, -0.05) is 23.7 Å². The lowest BCUT2D eigenvalue weighted by Gasteiger charge is -2.26. The molecule has 0 aliphatic carbocycles. The Morgan fingerprint density at radius 3 is 2.63 bits per heavy atom. The number of benzene rings is 2.